The predicted octanol–water partition coefficient (Wildman–Crippen LogP) is 5.73. The maximum absolute atomic E-state index is 12.7. The van der Waals surface area contributed by atoms with Gasteiger partial charge >= 0.3 is 0 Å². The molecule has 2 bridgehead atoms. The van der Waals surface area contributed by atoms with Crippen LogP contribution >= 0.6 is 0 Å². The van der Waals surface area contributed by atoms with Gasteiger partial charge in [-0.15, -0.1) is 0 Å². The van der Waals surface area contributed by atoms with Gasteiger partial charge in [-0.1, -0.05) is 44.9 Å². The first-order chi connectivity index (χ1) is 12.2. The summed E-state index contributed by atoms with van der Waals surface area (Å²) in [6.07, 6.45) is 17.5. The van der Waals surface area contributed by atoms with Crippen molar-refractivity contribution >= 4 is 11.6 Å². The van der Waals surface area contributed by atoms with E-state index in [1.165, 1.54) is 64.2 Å². The minimum absolute atomic E-state index is 0.267. The molecular weight excluding hydrogens is 308 g/mol. The molecule has 4 rings (SSSR count). The van der Waals surface area contributed by atoms with Gasteiger partial charge < -0.3 is 0 Å². The maximum Gasteiger partial charge on any atom is 0.136 e. The number of hydrogen-bond acceptors (Lipinski definition) is 2. The second kappa shape index (κ2) is 7.92. The fourth-order valence-electron chi connectivity index (χ4n) is 6.86. The van der Waals surface area contributed by atoms with E-state index in [-0.39, 0.29) is 5.92 Å². The minimum atomic E-state index is 0.267. The molecule has 0 spiro atoms. The van der Waals surface area contributed by atoms with Crippen LogP contribution in [-0.2, 0) is 9.59 Å². The number of fused-ring (bicyclic) bond motifs is 3. The number of Topliss-reactive ketones (excluding diaryl/α,β-unsaturated/α-hetero) is 2. The first kappa shape index (κ1) is 17.7. The summed E-state index contributed by atoms with van der Waals surface area (Å²) in [7, 11) is 0. The molecule has 6 atom stereocenters. The van der Waals surface area contributed by atoms with Crippen LogP contribution in [0.25, 0.3) is 0 Å². The van der Waals surface area contributed by atoms with E-state index in [0.29, 0.717) is 30.3 Å². The highest BCUT2D eigenvalue weighted by molar-refractivity contribution is 5.87. The van der Waals surface area contributed by atoms with Crippen molar-refractivity contribution in [3.05, 3.63) is 0 Å². The fraction of sp³-hybridized carbons (Fsp3) is 0.913. The van der Waals surface area contributed by atoms with E-state index in [1.54, 1.807) is 0 Å². The van der Waals surface area contributed by atoms with Crippen molar-refractivity contribution < 1.29 is 9.59 Å². The molecule has 4 aliphatic rings. The molecule has 0 N–H and O–H groups in total. The van der Waals surface area contributed by atoms with E-state index >= 15 is 0 Å². The van der Waals surface area contributed by atoms with Crippen molar-refractivity contribution in [3.8, 4) is 0 Å². The Morgan fingerprint density at radius 1 is 0.680 bits per heavy atom. The van der Waals surface area contributed by atoms with E-state index < -0.39 is 0 Å². The second-order valence-electron chi connectivity index (χ2n) is 9.81. The summed E-state index contributed by atoms with van der Waals surface area (Å²) in [5, 5.41) is 0. The van der Waals surface area contributed by atoms with Crippen LogP contribution in [0.3, 0.4) is 0 Å². The molecule has 0 aliphatic heterocycles. The quantitative estimate of drug-likeness (QED) is 0.617. The Balaban J connectivity index is 1.22. The smallest absolute Gasteiger partial charge is 0.136 e. The SMILES string of the molecule is O=C(CCC(=O)C1CCCC2CCCCC2C1)CC1CC2CCC1C2. The number of carbonyl (C=O) groups is 2. The largest absolute Gasteiger partial charge is 0.300 e. The average molecular weight is 345 g/mol. The van der Waals surface area contributed by atoms with Crippen molar-refractivity contribution in [2.24, 2.45) is 35.5 Å². The van der Waals surface area contributed by atoms with Crippen LogP contribution in [0.15, 0.2) is 0 Å². The van der Waals surface area contributed by atoms with Gasteiger partial charge in [-0.05, 0) is 61.7 Å². The molecule has 25 heavy (non-hydrogen) atoms. The molecule has 0 amide bonds. The van der Waals surface area contributed by atoms with E-state index in [1.807, 2.05) is 0 Å². The average Bonchev–Trinajstić information content (AvgIpc) is 3.16. The highest BCUT2D eigenvalue weighted by Crippen LogP contribution is 2.49. The van der Waals surface area contributed by atoms with Crippen molar-refractivity contribution in [1.82, 2.24) is 0 Å². The fourth-order valence-corrected chi connectivity index (χ4v) is 6.86. The van der Waals surface area contributed by atoms with Gasteiger partial charge in [-0.3, -0.25) is 9.59 Å². The van der Waals surface area contributed by atoms with Crippen LogP contribution in [-0.4, -0.2) is 11.6 Å². The summed E-state index contributed by atoms with van der Waals surface area (Å²) >= 11 is 0. The highest BCUT2D eigenvalue weighted by atomic mass is 16.1. The maximum atomic E-state index is 12.7. The molecule has 0 heterocycles. The molecule has 6 unspecified atom stereocenters. The van der Waals surface area contributed by atoms with Crippen LogP contribution in [0, 0.1) is 35.5 Å². The van der Waals surface area contributed by atoms with Gasteiger partial charge in [0.05, 0.1) is 0 Å². The summed E-state index contributed by atoms with van der Waals surface area (Å²) in [6.45, 7) is 0. The zero-order chi connectivity index (χ0) is 17.2. The van der Waals surface area contributed by atoms with E-state index in [9.17, 15) is 9.59 Å². The summed E-state index contributed by atoms with van der Waals surface area (Å²) < 4.78 is 0. The van der Waals surface area contributed by atoms with E-state index in [0.717, 1.165) is 42.9 Å². The van der Waals surface area contributed by atoms with Crippen LogP contribution in [0.4, 0.5) is 0 Å². The van der Waals surface area contributed by atoms with Crippen LogP contribution in [0.1, 0.15) is 96.3 Å². The predicted molar refractivity (Wildman–Crippen MR) is 100 cm³/mol. The lowest BCUT2D eigenvalue weighted by Gasteiger charge is -2.30. The molecule has 140 valence electrons. The Morgan fingerprint density at radius 3 is 2.24 bits per heavy atom. The van der Waals surface area contributed by atoms with Gasteiger partial charge in [0.2, 0.25) is 0 Å². The van der Waals surface area contributed by atoms with Crippen molar-refractivity contribution in [1.29, 1.82) is 0 Å². The van der Waals surface area contributed by atoms with Gasteiger partial charge in [0.1, 0.15) is 11.6 Å². The van der Waals surface area contributed by atoms with Gasteiger partial charge in [-0.25, -0.2) is 0 Å². The molecule has 2 nitrogen and oxygen atoms in total. The first-order valence-corrected chi connectivity index (χ1v) is 11.2. The zero-order valence-electron chi connectivity index (χ0n) is 15.9. The summed E-state index contributed by atoms with van der Waals surface area (Å²) in [5.41, 5.74) is 0. The molecule has 2 heteroatoms. The van der Waals surface area contributed by atoms with Crippen LogP contribution in [0.2, 0.25) is 0 Å². The third kappa shape index (κ3) is 4.19. The Bertz CT molecular complexity index is 496. The molecular formula is C23H36O2. The summed E-state index contributed by atoms with van der Waals surface area (Å²) in [4.78, 5) is 25.1. The standard InChI is InChI=1S/C23H36O2/c24-22(15-21-13-16-8-9-19(21)12-16)10-11-23(25)20-7-3-6-17-4-1-2-5-18(17)14-20/h16-21H,1-15H2. The van der Waals surface area contributed by atoms with Gasteiger partial charge in [-0.2, -0.15) is 0 Å². The molecule has 4 aliphatic carbocycles. The third-order valence-electron chi connectivity index (χ3n) is 8.26. The van der Waals surface area contributed by atoms with Crippen molar-refractivity contribution in [2.45, 2.75) is 96.3 Å². The second-order valence-corrected chi connectivity index (χ2v) is 9.81. The molecule has 0 aromatic rings. The van der Waals surface area contributed by atoms with Gasteiger partial charge in [0, 0.05) is 25.2 Å². The lowest BCUT2D eigenvalue weighted by molar-refractivity contribution is -0.127. The lowest BCUT2D eigenvalue weighted by atomic mass is 9.75. The summed E-state index contributed by atoms with van der Waals surface area (Å²) in [5.74, 6) is 5.14. The number of hydrogen-bond donors (Lipinski definition) is 0. The Morgan fingerprint density at radius 2 is 1.48 bits per heavy atom. The lowest BCUT2D eigenvalue weighted by Crippen LogP contribution is -2.23. The molecule has 0 saturated heterocycles. The molecule has 0 aromatic heterocycles. The molecule has 4 fully saturated rings. The van der Waals surface area contributed by atoms with E-state index in [2.05, 4.69) is 0 Å². The zero-order valence-corrected chi connectivity index (χ0v) is 15.9. The molecule has 0 radical (unpaired) electrons. The van der Waals surface area contributed by atoms with Gasteiger partial charge in [0.15, 0.2) is 0 Å². The monoisotopic (exact) mass is 344 g/mol. The van der Waals surface area contributed by atoms with Crippen LogP contribution in [0.5, 0.6) is 0 Å². The number of ketones is 2. The molecule has 0 aromatic carbocycles. The number of carbonyl (C=O) groups excluding carboxylic acids is 2. The van der Waals surface area contributed by atoms with E-state index in [4.69, 9.17) is 0 Å². The Labute approximate surface area is 153 Å². The number of rotatable bonds is 6. The van der Waals surface area contributed by atoms with Gasteiger partial charge in [0.25, 0.3) is 0 Å². The Kier molecular flexibility index (Phi) is 5.62. The Hall–Kier alpha value is -0.660. The normalized spacial score (nSPS) is 40.5. The minimum Gasteiger partial charge on any atom is -0.300 e. The third-order valence-corrected chi connectivity index (χ3v) is 8.26. The van der Waals surface area contributed by atoms with Crippen molar-refractivity contribution in [3.63, 3.8) is 0 Å². The van der Waals surface area contributed by atoms with Crippen LogP contribution < -0.4 is 0 Å². The van der Waals surface area contributed by atoms with Crippen molar-refractivity contribution in [2.75, 3.05) is 0 Å². The molecule has 4 saturated carbocycles. The summed E-state index contributed by atoms with van der Waals surface area (Å²) in [6, 6.07) is 0. The highest BCUT2D eigenvalue weighted by Gasteiger charge is 2.40. The topological polar surface area (TPSA) is 34.1 Å². The first-order valence-electron chi connectivity index (χ1n) is 11.2.